The summed E-state index contributed by atoms with van der Waals surface area (Å²) in [5.41, 5.74) is 1.59. The minimum Gasteiger partial charge on any atom is -0.385 e. The second-order valence-corrected chi connectivity index (χ2v) is 9.47. The average Bonchev–Trinajstić information content (AvgIpc) is 2.78. The molecule has 2 amide bonds. The van der Waals surface area contributed by atoms with E-state index in [-0.39, 0.29) is 17.7 Å². The van der Waals surface area contributed by atoms with Gasteiger partial charge in [0.1, 0.15) is 0 Å². The fourth-order valence-corrected chi connectivity index (χ4v) is 3.40. The van der Waals surface area contributed by atoms with E-state index in [1.165, 1.54) is 4.90 Å². The molecule has 144 valence electrons. The van der Waals surface area contributed by atoms with Crippen molar-refractivity contribution in [1.82, 2.24) is 9.62 Å². The quantitative estimate of drug-likeness (QED) is 0.504. The van der Waals surface area contributed by atoms with Crippen LogP contribution in [0.3, 0.4) is 0 Å². The second-order valence-electron chi connectivity index (χ2n) is 7.14. The van der Waals surface area contributed by atoms with Gasteiger partial charge in [-0.15, -0.1) is 0 Å². The maximum absolute atomic E-state index is 12.4. The topological polar surface area (TPSA) is 95.6 Å². The fourth-order valence-electron chi connectivity index (χ4n) is 2.63. The van der Waals surface area contributed by atoms with Crippen molar-refractivity contribution in [2.45, 2.75) is 39.4 Å². The number of nitrogens with one attached hydrogen (secondary N) is 2. The summed E-state index contributed by atoms with van der Waals surface area (Å²) in [6.07, 6.45) is 0.607. The SMILES string of the molecule is CC(C)CN1C(=O)c2ccc(NCCCNS(=O)(=O)C(C)C)cc2C1=O. The first kappa shape index (κ1) is 20.4. The highest BCUT2D eigenvalue weighted by molar-refractivity contribution is 7.90. The molecule has 0 radical (unpaired) electrons. The highest BCUT2D eigenvalue weighted by Gasteiger charge is 2.35. The Morgan fingerprint density at radius 1 is 1.00 bits per heavy atom. The molecule has 0 bridgehead atoms. The molecular formula is C18H27N3O4S. The van der Waals surface area contributed by atoms with E-state index in [2.05, 4.69) is 10.0 Å². The van der Waals surface area contributed by atoms with E-state index in [9.17, 15) is 18.0 Å². The molecule has 26 heavy (non-hydrogen) atoms. The van der Waals surface area contributed by atoms with Gasteiger partial charge in [0.25, 0.3) is 11.8 Å². The molecule has 0 aromatic heterocycles. The molecule has 0 saturated heterocycles. The molecule has 1 aliphatic rings. The molecule has 1 aliphatic heterocycles. The third-order valence-electron chi connectivity index (χ3n) is 4.12. The number of imide groups is 1. The lowest BCUT2D eigenvalue weighted by atomic mass is 10.1. The average molecular weight is 381 g/mol. The Hall–Kier alpha value is -1.93. The van der Waals surface area contributed by atoms with Crippen molar-refractivity contribution >= 4 is 27.5 Å². The smallest absolute Gasteiger partial charge is 0.261 e. The number of hydrogen-bond acceptors (Lipinski definition) is 5. The number of amides is 2. The van der Waals surface area contributed by atoms with Crippen molar-refractivity contribution in [1.29, 1.82) is 0 Å². The first-order chi connectivity index (χ1) is 12.1. The van der Waals surface area contributed by atoms with Crippen LogP contribution in [0.25, 0.3) is 0 Å². The molecule has 7 nitrogen and oxygen atoms in total. The summed E-state index contributed by atoms with van der Waals surface area (Å²) >= 11 is 0. The molecule has 0 fully saturated rings. The van der Waals surface area contributed by atoms with Crippen LogP contribution in [0.2, 0.25) is 0 Å². The molecular weight excluding hydrogens is 354 g/mol. The van der Waals surface area contributed by atoms with E-state index in [0.29, 0.717) is 37.2 Å². The lowest BCUT2D eigenvalue weighted by molar-refractivity contribution is 0.0636. The summed E-state index contributed by atoms with van der Waals surface area (Å²) < 4.78 is 25.9. The summed E-state index contributed by atoms with van der Waals surface area (Å²) in [7, 11) is -3.25. The van der Waals surface area contributed by atoms with Crippen LogP contribution in [-0.4, -0.2) is 50.0 Å². The van der Waals surface area contributed by atoms with Crippen molar-refractivity contribution in [2.24, 2.45) is 5.92 Å². The molecule has 1 heterocycles. The highest BCUT2D eigenvalue weighted by atomic mass is 32.2. The number of carbonyl (C=O) groups excluding carboxylic acids is 2. The van der Waals surface area contributed by atoms with E-state index >= 15 is 0 Å². The molecule has 1 aromatic carbocycles. The van der Waals surface area contributed by atoms with Gasteiger partial charge in [-0.3, -0.25) is 14.5 Å². The number of carbonyl (C=O) groups is 2. The van der Waals surface area contributed by atoms with Gasteiger partial charge in [0.15, 0.2) is 0 Å². The maximum Gasteiger partial charge on any atom is 0.261 e. The van der Waals surface area contributed by atoms with E-state index < -0.39 is 15.3 Å². The molecule has 0 saturated carbocycles. The van der Waals surface area contributed by atoms with Crippen LogP contribution in [0.15, 0.2) is 18.2 Å². The van der Waals surface area contributed by atoms with Gasteiger partial charge in [-0.2, -0.15) is 0 Å². The molecule has 0 aliphatic carbocycles. The number of hydrogen-bond donors (Lipinski definition) is 2. The van der Waals surface area contributed by atoms with Crippen LogP contribution < -0.4 is 10.0 Å². The van der Waals surface area contributed by atoms with Crippen LogP contribution in [0, 0.1) is 5.92 Å². The van der Waals surface area contributed by atoms with E-state index in [1.807, 2.05) is 13.8 Å². The van der Waals surface area contributed by atoms with Gasteiger partial charge in [-0.05, 0) is 44.4 Å². The minimum atomic E-state index is -3.25. The van der Waals surface area contributed by atoms with Crippen molar-refractivity contribution < 1.29 is 18.0 Å². The summed E-state index contributed by atoms with van der Waals surface area (Å²) in [5, 5.41) is 2.71. The number of anilines is 1. The lowest BCUT2D eigenvalue weighted by Gasteiger charge is -2.15. The Morgan fingerprint density at radius 3 is 2.27 bits per heavy atom. The number of benzene rings is 1. The normalized spacial score (nSPS) is 14.5. The summed E-state index contributed by atoms with van der Waals surface area (Å²) in [6.45, 7) is 8.49. The highest BCUT2D eigenvalue weighted by Crippen LogP contribution is 2.26. The molecule has 0 atom stereocenters. The molecule has 0 unspecified atom stereocenters. The monoisotopic (exact) mass is 381 g/mol. The van der Waals surface area contributed by atoms with Crippen molar-refractivity contribution in [3.63, 3.8) is 0 Å². The molecule has 8 heteroatoms. The van der Waals surface area contributed by atoms with Crippen molar-refractivity contribution in [3.05, 3.63) is 29.3 Å². The van der Waals surface area contributed by atoms with Crippen LogP contribution in [0.4, 0.5) is 5.69 Å². The zero-order chi connectivity index (χ0) is 19.5. The van der Waals surface area contributed by atoms with E-state index in [0.717, 1.165) is 5.69 Å². The standard InChI is InChI=1S/C18H27N3O4S/c1-12(2)11-21-17(22)15-7-6-14(10-16(15)18(21)23)19-8-5-9-20-26(24,25)13(3)4/h6-7,10,12-13,19-20H,5,8-9,11H2,1-4H3. The first-order valence-corrected chi connectivity index (χ1v) is 10.4. The molecule has 2 rings (SSSR count). The maximum atomic E-state index is 12.4. The fraction of sp³-hybridized carbons (Fsp3) is 0.556. The predicted octanol–water partition coefficient (Wildman–Crippen LogP) is 2.07. The zero-order valence-corrected chi connectivity index (χ0v) is 16.5. The third kappa shape index (κ3) is 4.62. The molecule has 0 spiro atoms. The Bertz CT molecular complexity index is 788. The number of fused-ring (bicyclic) bond motifs is 1. The van der Waals surface area contributed by atoms with Crippen LogP contribution in [-0.2, 0) is 10.0 Å². The second kappa shape index (κ2) is 8.18. The third-order valence-corrected chi connectivity index (χ3v) is 5.97. The Balaban J connectivity index is 1.92. The van der Waals surface area contributed by atoms with Crippen molar-refractivity contribution in [3.8, 4) is 0 Å². The predicted molar refractivity (Wildman–Crippen MR) is 102 cm³/mol. The van der Waals surface area contributed by atoms with Gasteiger partial charge in [-0.1, -0.05) is 13.8 Å². The van der Waals surface area contributed by atoms with Gasteiger partial charge >= 0.3 is 0 Å². The molecule has 1 aromatic rings. The largest absolute Gasteiger partial charge is 0.385 e. The molecule has 2 N–H and O–H groups in total. The Kier molecular flexibility index (Phi) is 6.41. The van der Waals surface area contributed by atoms with Crippen molar-refractivity contribution in [2.75, 3.05) is 25.0 Å². The van der Waals surface area contributed by atoms with E-state index in [4.69, 9.17) is 0 Å². The van der Waals surface area contributed by atoms with Gasteiger partial charge in [0, 0.05) is 25.3 Å². The number of rotatable bonds is 9. The Morgan fingerprint density at radius 2 is 1.65 bits per heavy atom. The summed E-state index contributed by atoms with van der Waals surface area (Å²) in [6, 6.07) is 5.12. The van der Waals surface area contributed by atoms with Gasteiger partial charge < -0.3 is 5.32 Å². The first-order valence-electron chi connectivity index (χ1n) is 8.86. The van der Waals surface area contributed by atoms with Gasteiger partial charge in [-0.25, -0.2) is 13.1 Å². The van der Waals surface area contributed by atoms with Crippen LogP contribution in [0.5, 0.6) is 0 Å². The minimum absolute atomic E-state index is 0.212. The van der Waals surface area contributed by atoms with E-state index in [1.54, 1.807) is 32.0 Å². The van der Waals surface area contributed by atoms with Gasteiger partial charge in [0.05, 0.1) is 16.4 Å². The number of nitrogens with zero attached hydrogens (tertiary/aromatic N) is 1. The zero-order valence-electron chi connectivity index (χ0n) is 15.7. The van der Waals surface area contributed by atoms with Crippen LogP contribution >= 0.6 is 0 Å². The lowest BCUT2D eigenvalue weighted by Crippen LogP contribution is -2.33. The number of sulfonamides is 1. The summed E-state index contributed by atoms with van der Waals surface area (Å²) in [4.78, 5) is 26.1. The van der Waals surface area contributed by atoms with Crippen LogP contribution in [0.1, 0.15) is 54.8 Å². The van der Waals surface area contributed by atoms with Gasteiger partial charge in [0.2, 0.25) is 10.0 Å². The summed E-state index contributed by atoms with van der Waals surface area (Å²) in [5.74, 6) is -0.287. The Labute approximate surface area is 155 Å².